The van der Waals surface area contributed by atoms with Crippen LogP contribution in [0, 0.1) is 11.3 Å². The van der Waals surface area contributed by atoms with E-state index in [0.717, 1.165) is 17.1 Å². The number of fused-ring (bicyclic) bond motifs is 5. The highest BCUT2D eigenvalue weighted by Crippen LogP contribution is 2.52. The van der Waals surface area contributed by atoms with Crippen molar-refractivity contribution in [2.75, 3.05) is 4.90 Å². The predicted octanol–water partition coefficient (Wildman–Crippen LogP) is 8.61. The number of carboxylic acids is 1. The van der Waals surface area contributed by atoms with Gasteiger partial charge >= 0.3 is 5.97 Å². The Morgan fingerprint density at radius 3 is 2.15 bits per heavy atom. The third-order valence-electron chi connectivity index (χ3n) is 7.61. The van der Waals surface area contributed by atoms with Gasteiger partial charge in [-0.25, -0.2) is 4.79 Å². The standard InChI is InChI=1S/C35H26N2O2/c1-35(2)32-21-28(17-19-30(32)31-18-14-24-8-6-7-11-29(24)33(31)35)37(26-9-4-3-5-10-26)27-15-12-23(13-16-27)20-25(22-36)34(38)39/h3-21H,1-2H3,(H,38,39). The largest absolute Gasteiger partial charge is 0.477 e. The van der Waals surface area contributed by atoms with Gasteiger partial charge in [0.25, 0.3) is 0 Å². The Kier molecular flexibility index (Phi) is 5.78. The van der Waals surface area contributed by atoms with Crippen LogP contribution in [0.2, 0.25) is 0 Å². The molecule has 0 heterocycles. The summed E-state index contributed by atoms with van der Waals surface area (Å²) in [5, 5.41) is 20.9. The smallest absolute Gasteiger partial charge is 0.346 e. The zero-order valence-electron chi connectivity index (χ0n) is 21.7. The number of anilines is 3. The van der Waals surface area contributed by atoms with Crippen LogP contribution in [-0.4, -0.2) is 11.1 Å². The molecule has 0 fully saturated rings. The monoisotopic (exact) mass is 506 g/mol. The Morgan fingerprint density at radius 2 is 1.44 bits per heavy atom. The summed E-state index contributed by atoms with van der Waals surface area (Å²) >= 11 is 0. The fraction of sp³-hybridized carbons (Fsp3) is 0.0857. The molecule has 0 bridgehead atoms. The Labute approximate surface area is 227 Å². The molecule has 0 aliphatic heterocycles. The third kappa shape index (κ3) is 4.05. The predicted molar refractivity (Wildman–Crippen MR) is 157 cm³/mol. The summed E-state index contributed by atoms with van der Waals surface area (Å²) in [6.07, 6.45) is 1.39. The van der Waals surface area contributed by atoms with Crippen molar-refractivity contribution in [3.63, 3.8) is 0 Å². The molecule has 1 aliphatic carbocycles. The van der Waals surface area contributed by atoms with E-state index >= 15 is 0 Å². The van der Waals surface area contributed by atoms with Crippen LogP contribution >= 0.6 is 0 Å². The summed E-state index contributed by atoms with van der Waals surface area (Å²) in [6, 6.07) is 39.2. The Hall–Kier alpha value is -5.14. The van der Waals surface area contributed by atoms with E-state index in [2.05, 4.69) is 85.5 Å². The number of nitriles is 1. The van der Waals surface area contributed by atoms with Crippen LogP contribution in [0.1, 0.15) is 30.5 Å². The number of carbonyl (C=O) groups is 1. The Morgan fingerprint density at radius 1 is 0.795 bits per heavy atom. The molecular formula is C35H26N2O2. The number of aliphatic carboxylic acids is 1. The Balaban J connectivity index is 1.47. The second-order valence-corrected chi connectivity index (χ2v) is 10.3. The fourth-order valence-corrected chi connectivity index (χ4v) is 5.78. The first kappa shape index (κ1) is 24.2. The van der Waals surface area contributed by atoms with Gasteiger partial charge in [-0.2, -0.15) is 5.26 Å². The number of benzene rings is 5. The summed E-state index contributed by atoms with van der Waals surface area (Å²) in [6.45, 7) is 4.61. The Bertz CT molecular complexity index is 1810. The van der Waals surface area contributed by atoms with Crippen molar-refractivity contribution in [3.8, 4) is 17.2 Å². The second kappa shape index (κ2) is 9.31. The molecule has 1 N–H and O–H groups in total. The maximum Gasteiger partial charge on any atom is 0.346 e. The number of para-hydroxylation sites is 1. The van der Waals surface area contributed by atoms with E-state index in [9.17, 15) is 9.90 Å². The van der Waals surface area contributed by atoms with Gasteiger partial charge in [0.1, 0.15) is 11.6 Å². The maximum absolute atomic E-state index is 11.3. The summed E-state index contributed by atoms with van der Waals surface area (Å²) in [5.74, 6) is -1.23. The number of nitrogens with zero attached hydrogens (tertiary/aromatic N) is 2. The average molecular weight is 507 g/mol. The number of carboxylic acid groups (broad SMARTS) is 1. The van der Waals surface area contributed by atoms with Crippen LogP contribution < -0.4 is 4.90 Å². The molecule has 1 aliphatic rings. The van der Waals surface area contributed by atoms with Gasteiger partial charge in [-0.15, -0.1) is 0 Å². The minimum atomic E-state index is -1.23. The fourth-order valence-electron chi connectivity index (χ4n) is 5.78. The molecule has 0 aromatic heterocycles. The first-order valence-electron chi connectivity index (χ1n) is 12.9. The molecule has 0 saturated carbocycles. The second-order valence-electron chi connectivity index (χ2n) is 10.3. The van der Waals surface area contributed by atoms with Gasteiger partial charge in [0, 0.05) is 22.5 Å². The van der Waals surface area contributed by atoms with Gasteiger partial charge in [0.15, 0.2) is 0 Å². The molecule has 4 heteroatoms. The van der Waals surface area contributed by atoms with Crippen molar-refractivity contribution in [1.82, 2.24) is 0 Å². The van der Waals surface area contributed by atoms with Gasteiger partial charge in [-0.05, 0) is 81.1 Å². The minimum Gasteiger partial charge on any atom is -0.477 e. The van der Waals surface area contributed by atoms with Crippen molar-refractivity contribution < 1.29 is 9.90 Å². The highest BCUT2D eigenvalue weighted by Gasteiger charge is 2.37. The lowest BCUT2D eigenvalue weighted by atomic mass is 9.80. The van der Waals surface area contributed by atoms with E-state index < -0.39 is 5.97 Å². The van der Waals surface area contributed by atoms with Crippen molar-refractivity contribution in [2.24, 2.45) is 0 Å². The van der Waals surface area contributed by atoms with Crippen LogP contribution in [0.15, 0.2) is 115 Å². The van der Waals surface area contributed by atoms with Crippen molar-refractivity contribution in [3.05, 3.63) is 131 Å². The van der Waals surface area contributed by atoms with Crippen molar-refractivity contribution >= 4 is 39.9 Å². The lowest BCUT2D eigenvalue weighted by Gasteiger charge is -2.28. The first-order chi connectivity index (χ1) is 18.9. The van der Waals surface area contributed by atoms with E-state index in [-0.39, 0.29) is 11.0 Å². The molecule has 0 radical (unpaired) electrons. The van der Waals surface area contributed by atoms with E-state index in [1.54, 1.807) is 6.07 Å². The molecule has 5 aromatic carbocycles. The third-order valence-corrected chi connectivity index (χ3v) is 7.61. The molecule has 5 aromatic rings. The molecule has 0 atom stereocenters. The van der Waals surface area contributed by atoms with Crippen LogP contribution in [0.25, 0.3) is 28.0 Å². The molecule has 188 valence electrons. The zero-order valence-corrected chi connectivity index (χ0v) is 21.7. The zero-order chi connectivity index (χ0) is 27.1. The van der Waals surface area contributed by atoms with Gasteiger partial charge in [0.2, 0.25) is 0 Å². The first-order valence-corrected chi connectivity index (χ1v) is 12.9. The lowest BCUT2D eigenvalue weighted by molar-refractivity contribution is -0.132. The molecule has 0 amide bonds. The summed E-state index contributed by atoms with van der Waals surface area (Å²) in [4.78, 5) is 13.5. The SMILES string of the molecule is CC1(C)c2cc(N(c3ccccc3)c3ccc(C=C(C#N)C(=O)O)cc3)ccc2-c2ccc3ccccc3c21. The molecule has 6 rings (SSSR count). The molecular weight excluding hydrogens is 480 g/mol. The van der Waals surface area contributed by atoms with E-state index in [4.69, 9.17) is 5.26 Å². The van der Waals surface area contributed by atoms with Gasteiger partial charge in [-0.3, -0.25) is 0 Å². The van der Waals surface area contributed by atoms with Crippen molar-refractivity contribution in [1.29, 1.82) is 5.26 Å². The highest BCUT2D eigenvalue weighted by molar-refractivity contribution is 5.98. The molecule has 39 heavy (non-hydrogen) atoms. The topological polar surface area (TPSA) is 64.3 Å². The lowest BCUT2D eigenvalue weighted by Crippen LogP contribution is -2.17. The molecule has 0 spiro atoms. The van der Waals surface area contributed by atoms with Crippen LogP contribution in [-0.2, 0) is 10.2 Å². The highest BCUT2D eigenvalue weighted by atomic mass is 16.4. The number of rotatable bonds is 5. The van der Waals surface area contributed by atoms with Crippen molar-refractivity contribution in [2.45, 2.75) is 19.3 Å². The maximum atomic E-state index is 11.3. The van der Waals surface area contributed by atoms with Crippen LogP contribution in [0.5, 0.6) is 0 Å². The summed E-state index contributed by atoms with van der Waals surface area (Å²) in [7, 11) is 0. The van der Waals surface area contributed by atoms with E-state index in [1.807, 2.05) is 42.5 Å². The van der Waals surface area contributed by atoms with Gasteiger partial charge < -0.3 is 10.0 Å². The van der Waals surface area contributed by atoms with Crippen LogP contribution in [0.4, 0.5) is 17.1 Å². The van der Waals surface area contributed by atoms with Gasteiger partial charge in [-0.1, -0.05) is 86.6 Å². The van der Waals surface area contributed by atoms with E-state index in [0.29, 0.717) is 5.56 Å². The number of hydrogen-bond acceptors (Lipinski definition) is 3. The average Bonchev–Trinajstić information content (AvgIpc) is 3.19. The normalized spacial score (nSPS) is 13.4. The minimum absolute atomic E-state index is 0.178. The summed E-state index contributed by atoms with van der Waals surface area (Å²) < 4.78 is 0. The molecule has 0 unspecified atom stereocenters. The van der Waals surface area contributed by atoms with Gasteiger partial charge in [0.05, 0.1) is 0 Å². The molecule has 4 nitrogen and oxygen atoms in total. The van der Waals surface area contributed by atoms with E-state index in [1.165, 1.54) is 39.1 Å². The van der Waals surface area contributed by atoms with Crippen LogP contribution in [0.3, 0.4) is 0 Å². The summed E-state index contributed by atoms with van der Waals surface area (Å²) in [5.41, 5.74) is 8.37. The number of hydrogen-bond donors (Lipinski definition) is 1. The quantitative estimate of drug-likeness (QED) is 0.191. The molecule has 0 saturated heterocycles.